The van der Waals surface area contributed by atoms with Gasteiger partial charge in [-0.05, 0) is 54.8 Å². The van der Waals surface area contributed by atoms with Crippen LogP contribution in [0.5, 0.6) is 0 Å². The van der Waals surface area contributed by atoms with Gasteiger partial charge >= 0.3 is 0 Å². The highest BCUT2D eigenvalue weighted by atomic mass is 15.0. The molecular weight excluding hydrogens is 206 g/mol. The van der Waals surface area contributed by atoms with E-state index < -0.39 is 0 Å². The summed E-state index contributed by atoms with van der Waals surface area (Å²) >= 11 is 0. The first-order valence-electron chi connectivity index (χ1n) is 7.75. The molecule has 3 aliphatic rings. The van der Waals surface area contributed by atoms with Crippen molar-refractivity contribution in [3.63, 3.8) is 0 Å². The Morgan fingerprint density at radius 1 is 1.18 bits per heavy atom. The number of rotatable bonds is 4. The van der Waals surface area contributed by atoms with Crippen molar-refractivity contribution < 1.29 is 0 Å². The van der Waals surface area contributed by atoms with E-state index >= 15 is 0 Å². The van der Waals surface area contributed by atoms with Gasteiger partial charge < -0.3 is 5.32 Å². The molecule has 0 aromatic carbocycles. The van der Waals surface area contributed by atoms with E-state index in [1.165, 1.54) is 38.5 Å². The Morgan fingerprint density at radius 2 is 1.94 bits per heavy atom. The molecule has 0 aromatic rings. The molecule has 0 amide bonds. The monoisotopic (exact) mass is 235 g/mol. The molecule has 0 aromatic heterocycles. The van der Waals surface area contributed by atoms with Crippen LogP contribution in [0.1, 0.15) is 66.2 Å². The van der Waals surface area contributed by atoms with Crippen LogP contribution in [0.2, 0.25) is 0 Å². The van der Waals surface area contributed by atoms with Crippen molar-refractivity contribution in [1.82, 2.24) is 5.32 Å². The first-order valence-corrected chi connectivity index (χ1v) is 7.75. The highest BCUT2D eigenvalue weighted by Crippen LogP contribution is 2.65. The minimum atomic E-state index is 0.566. The van der Waals surface area contributed by atoms with Crippen LogP contribution in [0.3, 0.4) is 0 Å². The van der Waals surface area contributed by atoms with Gasteiger partial charge in [0, 0.05) is 12.1 Å². The van der Waals surface area contributed by atoms with Gasteiger partial charge in [0.15, 0.2) is 0 Å². The molecule has 3 rings (SSSR count). The van der Waals surface area contributed by atoms with Gasteiger partial charge in [-0.25, -0.2) is 0 Å². The molecular formula is C16H29N. The van der Waals surface area contributed by atoms with Gasteiger partial charge in [0.05, 0.1) is 0 Å². The standard InChI is InChI=1S/C16H29N/c1-5-6-11-9-13(11)17-14-10-12-7-8-16(14,4)15(12,2)3/h11-14,17H,5-10H2,1-4H3. The summed E-state index contributed by atoms with van der Waals surface area (Å²) in [6.45, 7) is 9.90. The van der Waals surface area contributed by atoms with Crippen molar-refractivity contribution in [3.05, 3.63) is 0 Å². The molecule has 0 saturated heterocycles. The summed E-state index contributed by atoms with van der Waals surface area (Å²) in [4.78, 5) is 0. The fraction of sp³-hybridized carbons (Fsp3) is 1.00. The second kappa shape index (κ2) is 3.73. The molecule has 2 bridgehead atoms. The van der Waals surface area contributed by atoms with Crippen molar-refractivity contribution in [1.29, 1.82) is 0 Å². The normalized spacial score (nSPS) is 50.8. The Bertz CT molecular complexity index is 309. The Balaban J connectivity index is 1.64. The molecule has 3 fully saturated rings. The molecule has 3 aliphatic carbocycles. The van der Waals surface area contributed by atoms with E-state index in [0.717, 1.165) is 23.9 Å². The Hall–Kier alpha value is -0.0400. The zero-order valence-corrected chi connectivity index (χ0v) is 12.1. The summed E-state index contributed by atoms with van der Waals surface area (Å²) in [6, 6.07) is 1.68. The van der Waals surface area contributed by atoms with Crippen molar-refractivity contribution in [2.75, 3.05) is 0 Å². The molecule has 5 atom stereocenters. The van der Waals surface area contributed by atoms with Crippen molar-refractivity contribution in [3.8, 4) is 0 Å². The molecule has 0 heterocycles. The van der Waals surface area contributed by atoms with E-state index in [0.29, 0.717) is 10.8 Å². The van der Waals surface area contributed by atoms with E-state index in [1.54, 1.807) is 0 Å². The molecule has 98 valence electrons. The Kier molecular flexibility index (Phi) is 2.63. The van der Waals surface area contributed by atoms with Crippen LogP contribution in [-0.2, 0) is 0 Å². The topological polar surface area (TPSA) is 12.0 Å². The second-order valence-electron chi connectivity index (χ2n) is 7.72. The average Bonchev–Trinajstić information content (AvgIpc) is 2.91. The third kappa shape index (κ3) is 1.61. The predicted octanol–water partition coefficient (Wildman–Crippen LogP) is 3.98. The maximum Gasteiger partial charge on any atom is 0.0132 e. The molecule has 0 aliphatic heterocycles. The van der Waals surface area contributed by atoms with Gasteiger partial charge in [0.2, 0.25) is 0 Å². The molecule has 1 nitrogen and oxygen atoms in total. The summed E-state index contributed by atoms with van der Waals surface area (Å²) in [5.74, 6) is 1.99. The van der Waals surface area contributed by atoms with Crippen LogP contribution in [0, 0.1) is 22.7 Å². The molecule has 1 heteroatoms. The number of nitrogens with one attached hydrogen (secondary N) is 1. The van der Waals surface area contributed by atoms with E-state index in [9.17, 15) is 0 Å². The van der Waals surface area contributed by atoms with Crippen molar-refractivity contribution >= 4 is 0 Å². The summed E-state index contributed by atoms with van der Waals surface area (Å²) in [5.41, 5.74) is 1.14. The van der Waals surface area contributed by atoms with E-state index in [1.807, 2.05) is 0 Å². The third-order valence-electron chi connectivity index (χ3n) is 6.79. The number of hydrogen-bond donors (Lipinski definition) is 1. The molecule has 3 saturated carbocycles. The largest absolute Gasteiger partial charge is 0.310 e. The lowest BCUT2D eigenvalue weighted by Gasteiger charge is -2.39. The maximum absolute atomic E-state index is 4.02. The van der Waals surface area contributed by atoms with Gasteiger partial charge in [-0.1, -0.05) is 34.1 Å². The quantitative estimate of drug-likeness (QED) is 0.777. The van der Waals surface area contributed by atoms with Gasteiger partial charge in [-0.3, -0.25) is 0 Å². The zero-order chi connectivity index (χ0) is 12.3. The van der Waals surface area contributed by atoms with Crippen molar-refractivity contribution in [2.45, 2.75) is 78.3 Å². The fourth-order valence-corrected chi connectivity index (χ4v) is 4.86. The summed E-state index contributed by atoms with van der Waals surface area (Å²) in [7, 11) is 0. The van der Waals surface area contributed by atoms with Gasteiger partial charge in [-0.2, -0.15) is 0 Å². The maximum atomic E-state index is 4.02. The highest BCUT2D eigenvalue weighted by Gasteiger charge is 2.62. The molecule has 0 radical (unpaired) electrons. The highest BCUT2D eigenvalue weighted by molar-refractivity contribution is 5.14. The first-order chi connectivity index (χ1) is 7.99. The first kappa shape index (κ1) is 12.0. The lowest BCUT2D eigenvalue weighted by molar-refractivity contribution is 0.119. The Morgan fingerprint density at radius 3 is 2.47 bits per heavy atom. The minimum Gasteiger partial charge on any atom is -0.310 e. The average molecular weight is 235 g/mol. The van der Waals surface area contributed by atoms with Crippen LogP contribution in [0.4, 0.5) is 0 Å². The van der Waals surface area contributed by atoms with Crippen LogP contribution in [-0.4, -0.2) is 12.1 Å². The third-order valence-corrected chi connectivity index (χ3v) is 6.79. The number of hydrogen-bond acceptors (Lipinski definition) is 1. The van der Waals surface area contributed by atoms with Gasteiger partial charge in [0.25, 0.3) is 0 Å². The molecule has 5 unspecified atom stereocenters. The molecule has 0 spiro atoms. The summed E-state index contributed by atoms with van der Waals surface area (Å²) in [5, 5.41) is 4.02. The van der Waals surface area contributed by atoms with Gasteiger partial charge in [-0.15, -0.1) is 0 Å². The fourth-order valence-electron chi connectivity index (χ4n) is 4.86. The lowest BCUT2D eigenvalue weighted by Crippen LogP contribution is -2.45. The van der Waals surface area contributed by atoms with Crippen LogP contribution in [0.25, 0.3) is 0 Å². The van der Waals surface area contributed by atoms with E-state index in [2.05, 4.69) is 33.0 Å². The lowest BCUT2D eigenvalue weighted by atomic mass is 9.69. The number of fused-ring (bicyclic) bond motifs is 2. The SMILES string of the molecule is CCCC1CC1NC1CC2CCC1(C)C2(C)C. The van der Waals surface area contributed by atoms with Crippen LogP contribution < -0.4 is 5.32 Å². The van der Waals surface area contributed by atoms with Crippen molar-refractivity contribution in [2.24, 2.45) is 22.7 Å². The molecule has 1 N–H and O–H groups in total. The molecule has 17 heavy (non-hydrogen) atoms. The van der Waals surface area contributed by atoms with E-state index in [4.69, 9.17) is 0 Å². The second-order valence-corrected chi connectivity index (χ2v) is 7.72. The minimum absolute atomic E-state index is 0.566. The van der Waals surface area contributed by atoms with E-state index in [-0.39, 0.29) is 0 Å². The zero-order valence-electron chi connectivity index (χ0n) is 12.1. The predicted molar refractivity (Wildman–Crippen MR) is 73.0 cm³/mol. The van der Waals surface area contributed by atoms with Crippen LogP contribution >= 0.6 is 0 Å². The van der Waals surface area contributed by atoms with Gasteiger partial charge in [0.1, 0.15) is 0 Å². The summed E-state index contributed by atoms with van der Waals surface area (Å²) in [6.07, 6.45) is 8.62. The van der Waals surface area contributed by atoms with Crippen LogP contribution in [0.15, 0.2) is 0 Å². The summed E-state index contributed by atoms with van der Waals surface area (Å²) < 4.78 is 0. The Labute approximate surface area is 107 Å². The smallest absolute Gasteiger partial charge is 0.0132 e.